The van der Waals surface area contributed by atoms with E-state index < -0.39 is 17.7 Å². The predicted molar refractivity (Wildman–Crippen MR) is 74.1 cm³/mol. The van der Waals surface area contributed by atoms with Gasteiger partial charge in [-0.3, -0.25) is 19.8 Å². The highest BCUT2D eigenvalue weighted by Gasteiger charge is 2.25. The summed E-state index contributed by atoms with van der Waals surface area (Å²) in [6, 6.07) is 0. The number of carbonyl (C=O) groups excluding carboxylic acids is 3. The van der Waals surface area contributed by atoms with Crippen molar-refractivity contribution in [3.63, 3.8) is 0 Å². The maximum atomic E-state index is 11.9. The Hall–Kier alpha value is -2.18. The largest absolute Gasteiger partial charge is 0.465 e. The second kappa shape index (κ2) is 9.71. The fourth-order valence-electron chi connectivity index (χ4n) is 1.46. The van der Waals surface area contributed by atoms with E-state index in [-0.39, 0.29) is 24.8 Å². The van der Waals surface area contributed by atoms with Crippen LogP contribution in [0.3, 0.4) is 0 Å². The minimum absolute atomic E-state index is 0.166. The molecule has 0 bridgehead atoms. The average Bonchev–Trinajstić information content (AvgIpc) is 2.35. The van der Waals surface area contributed by atoms with E-state index >= 15 is 0 Å². The lowest BCUT2D eigenvalue weighted by molar-refractivity contribution is -0.150. The van der Waals surface area contributed by atoms with E-state index in [2.05, 4.69) is 5.32 Å². The number of hydrogen-bond acceptors (Lipinski definition) is 5. The number of guanidine groups is 1. The molecule has 0 aromatic heterocycles. The van der Waals surface area contributed by atoms with E-state index in [0.29, 0.717) is 13.0 Å². The Balaban J connectivity index is 4.56. The minimum atomic E-state index is -0.931. The van der Waals surface area contributed by atoms with Gasteiger partial charge in [-0.1, -0.05) is 0 Å². The van der Waals surface area contributed by atoms with E-state index in [4.69, 9.17) is 15.9 Å². The summed E-state index contributed by atoms with van der Waals surface area (Å²) in [4.78, 5) is 34.4. The van der Waals surface area contributed by atoms with E-state index in [9.17, 15) is 14.4 Å². The Morgan fingerprint density at radius 2 is 2.00 bits per heavy atom. The second-order valence-corrected chi connectivity index (χ2v) is 4.13. The zero-order valence-electron chi connectivity index (χ0n) is 11.8. The Labute approximate surface area is 118 Å². The molecule has 0 amide bonds. The van der Waals surface area contributed by atoms with Gasteiger partial charge in [0.25, 0.3) is 0 Å². The van der Waals surface area contributed by atoms with Gasteiger partial charge in [-0.05, 0) is 38.8 Å². The third-order valence-electron chi connectivity index (χ3n) is 2.38. The van der Waals surface area contributed by atoms with Crippen molar-refractivity contribution in [3.8, 4) is 0 Å². The van der Waals surface area contributed by atoms with Gasteiger partial charge in [0.05, 0.1) is 6.61 Å². The monoisotopic (exact) mass is 283 g/mol. The number of ketones is 2. The molecule has 7 heteroatoms. The third kappa shape index (κ3) is 8.02. The lowest BCUT2D eigenvalue weighted by atomic mass is 9.97. The molecule has 0 aliphatic rings. The number of ether oxygens (including phenoxy) is 1. The van der Waals surface area contributed by atoms with Crippen molar-refractivity contribution in [1.29, 1.82) is 5.41 Å². The molecule has 0 aromatic carbocycles. The summed E-state index contributed by atoms with van der Waals surface area (Å²) in [6.45, 7) is 3.54. The summed E-state index contributed by atoms with van der Waals surface area (Å²) < 4.78 is 4.84. The van der Waals surface area contributed by atoms with Crippen LogP contribution in [0.2, 0.25) is 0 Å². The molecule has 0 rings (SSSR count). The van der Waals surface area contributed by atoms with Gasteiger partial charge in [0, 0.05) is 6.54 Å². The zero-order chi connectivity index (χ0) is 15.5. The quantitative estimate of drug-likeness (QED) is 0.138. The van der Waals surface area contributed by atoms with Gasteiger partial charge in [-0.25, -0.2) is 0 Å². The number of esters is 1. The van der Waals surface area contributed by atoms with E-state index in [1.54, 1.807) is 6.92 Å². The highest BCUT2D eigenvalue weighted by Crippen LogP contribution is 2.11. The van der Waals surface area contributed by atoms with Crippen LogP contribution in [-0.4, -0.2) is 36.6 Å². The Kier molecular flexibility index (Phi) is 8.65. The molecule has 1 atom stereocenters. The average molecular weight is 283 g/mol. The van der Waals surface area contributed by atoms with E-state index in [1.165, 1.54) is 6.92 Å². The van der Waals surface area contributed by atoms with Crippen LogP contribution in [0.15, 0.2) is 12.2 Å². The van der Waals surface area contributed by atoms with E-state index in [1.807, 2.05) is 0 Å². The molecule has 0 spiro atoms. The summed E-state index contributed by atoms with van der Waals surface area (Å²) in [6.07, 6.45) is 2.97. The van der Waals surface area contributed by atoms with Crippen molar-refractivity contribution in [1.82, 2.24) is 5.32 Å². The SMILES string of the molecule is CCOC(=O)C(CCCNC(=N)N)C(=O)/C=C/C(C)=O. The fourth-order valence-corrected chi connectivity index (χ4v) is 1.46. The normalized spacial score (nSPS) is 11.9. The number of carbonyl (C=O) groups is 3. The van der Waals surface area contributed by atoms with Gasteiger partial charge in [0.1, 0.15) is 5.92 Å². The first-order chi connectivity index (χ1) is 9.38. The van der Waals surface area contributed by atoms with Crippen molar-refractivity contribution >= 4 is 23.5 Å². The molecule has 0 heterocycles. The Bertz CT molecular complexity index is 404. The Morgan fingerprint density at radius 3 is 2.50 bits per heavy atom. The molecule has 0 aliphatic heterocycles. The first-order valence-electron chi connectivity index (χ1n) is 6.35. The third-order valence-corrected chi connectivity index (χ3v) is 2.38. The Morgan fingerprint density at radius 1 is 1.35 bits per heavy atom. The summed E-state index contributed by atoms with van der Waals surface area (Å²) >= 11 is 0. The van der Waals surface area contributed by atoms with Crippen molar-refractivity contribution in [3.05, 3.63) is 12.2 Å². The number of hydrogen-bond donors (Lipinski definition) is 3. The smallest absolute Gasteiger partial charge is 0.316 e. The highest BCUT2D eigenvalue weighted by molar-refractivity contribution is 6.07. The van der Waals surface area contributed by atoms with Crippen LogP contribution >= 0.6 is 0 Å². The molecular formula is C13H21N3O4. The van der Waals surface area contributed by atoms with Crippen LogP contribution in [0, 0.1) is 11.3 Å². The summed E-state index contributed by atoms with van der Waals surface area (Å²) in [5, 5.41) is 9.57. The first kappa shape index (κ1) is 17.8. The van der Waals surface area contributed by atoms with Crippen molar-refractivity contribution in [2.24, 2.45) is 11.7 Å². The number of allylic oxidation sites excluding steroid dienone is 2. The van der Waals surface area contributed by atoms with Crippen LogP contribution in [0.5, 0.6) is 0 Å². The second-order valence-electron chi connectivity index (χ2n) is 4.13. The standard InChI is InChI=1S/C13H21N3O4/c1-3-20-12(19)10(5-4-8-16-13(14)15)11(18)7-6-9(2)17/h6-7,10H,3-5,8H2,1-2H3,(H4,14,15,16)/b7-6+. The van der Waals surface area contributed by atoms with Gasteiger partial charge < -0.3 is 15.8 Å². The summed E-state index contributed by atoms with van der Waals surface area (Å²) in [5.41, 5.74) is 5.12. The summed E-state index contributed by atoms with van der Waals surface area (Å²) in [7, 11) is 0. The molecule has 112 valence electrons. The van der Waals surface area contributed by atoms with Gasteiger partial charge in [-0.15, -0.1) is 0 Å². The van der Waals surface area contributed by atoms with Crippen LogP contribution in [0.25, 0.3) is 0 Å². The van der Waals surface area contributed by atoms with Crippen molar-refractivity contribution < 1.29 is 19.1 Å². The molecule has 7 nitrogen and oxygen atoms in total. The minimum Gasteiger partial charge on any atom is -0.465 e. The number of nitrogens with two attached hydrogens (primary N) is 1. The van der Waals surface area contributed by atoms with Crippen LogP contribution in [0.1, 0.15) is 26.7 Å². The van der Waals surface area contributed by atoms with Gasteiger partial charge in [0.15, 0.2) is 17.5 Å². The van der Waals surface area contributed by atoms with Crippen LogP contribution in [0.4, 0.5) is 0 Å². The molecule has 1 unspecified atom stereocenters. The maximum absolute atomic E-state index is 11.9. The first-order valence-corrected chi connectivity index (χ1v) is 6.35. The van der Waals surface area contributed by atoms with Crippen molar-refractivity contribution in [2.75, 3.05) is 13.2 Å². The molecule has 0 aromatic rings. The topological polar surface area (TPSA) is 122 Å². The predicted octanol–water partition coefficient (Wildman–Crippen LogP) is 0.143. The van der Waals surface area contributed by atoms with Crippen LogP contribution in [-0.2, 0) is 19.1 Å². The molecule has 20 heavy (non-hydrogen) atoms. The van der Waals surface area contributed by atoms with Crippen LogP contribution < -0.4 is 11.1 Å². The molecule has 0 fully saturated rings. The van der Waals surface area contributed by atoms with Crippen molar-refractivity contribution in [2.45, 2.75) is 26.7 Å². The maximum Gasteiger partial charge on any atom is 0.316 e. The van der Waals surface area contributed by atoms with E-state index in [0.717, 1.165) is 12.2 Å². The molecule has 0 aliphatic carbocycles. The lowest BCUT2D eigenvalue weighted by Crippen LogP contribution is -2.32. The van der Waals surface area contributed by atoms with Gasteiger partial charge >= 0.3 is 5.97 Å². The molecule has 0 saturated carbocycles. The zero-order valence-corrected chi connectivity index (χ0v) is 11.8. The molecular weight excluding hydrogens is 262 g/mol. The number of rotatable bonds is 9. The molecule has 4 N–H and O–H groups in total. The summed E-state index contributed by atoms with van der Waals surface area (Å²) in [5.74, 6) is -2.42. The lowest BCUT2D eigenvalue weighted by Gasteiger charge is -2.12. The highest BCUT2D eigenvalue weighted by atomic mass is 16.5. The number of nitrogens with one attached hydrogen (secondary N) is 2. The van der Waals surface area contributed by atoms with Gasteiger partial charge in [-0.2, -0.15) is 0 Å². The molecule has 0 saturated heterocycles. The molecule has 0 radical (unpaired) electrons. The van der Waals surface area contributed by atoms with Gasteiger partial charge in [0.2, 0.25) is 0 Å². The fraction of sp³-hybridized carbons (Fsp3) is 0.538.